The molecule has 8 heteroatoms. The summed E-state index contributed by atoms with van der Waals surface area (Å²) >= 11 is 0. The van der Waals surface area contributed by atoms with Gasteiger partial charge in [0.2, 0.25) is 0 Å². The SMILES string of the molecule is C[C@@H]1CCCc2ccc(OC(=O)c3cc([N+](=O)[O-])cc([N+](=O)[O-])c3)cc21. The number of hydrogen-bond acceptors (Lipinski definition) is 6. The standard InChI is InChI=1S/C18H16N2O6/c1-11-3-2-4-12-5-6-16(10-17(11)12)26-18(21)13-7-14(19(22)23)9-15(8-13)20(24)25/h5-11H,2-4H2,1H3/t11-/m1/s1. The summed E-state index contributed by atoms with van der Waals surface area (Å²) in [5.74, 6) is -0.201. The van der Waals surface area contributed by atoms with Crippen molar-refractivity contribution in [3.63, 3.8) is 0 Å². The van der Waals surface area contributed by atoms with Crippen molar-refractivity contribution in [1.29, 1.82) is 0 Å². The Morgan fingerprint density at radius 2 is 1.73 bits per heavy atom. The second-order valence-electron chi connectivity index (χ2n) is 6.30. The Kier molecular flexibility index (Phi) is 4.66. The van der Waals surface area contributed by atoms with Crippen molar-refractivity contribution in [3.05, 3.63) is 73.3 Å². The summed E-state index contributed by atoms with van der Waals surface area (Å²) in [5, 5.41) is 21.9. The van der Waals surface area contributed by atoms with Crippen LogP contribution in [0.15, 0.2) is 36.4 Å². The van der Waals surface area contributed by atoms with Crippen LogP contribution in [0.1, 0.15) is 47.2 Å². The number of nitrogens with zero attached hydrogens (tertiary/aromatic N) is 2. The molecule has 2 aromatic rings. The lowest BCUT2D eigenvalue weighted by Gasteiger charge is -2.22. The molecule has 1 atom stereocenters. The lowest BCUT2D eigenvalue weighted by Crippen LogP contribution is -2.11. The van der Waals surface area contributed by atoms with E-state index in [-0.39, 0.29) is 5.56 Å². The Morgan fingerprint density at radius 3 is 2.35 bits per heavy atom. The lowest BCUT2D eigenvalue weighted by molar-refractivity contribution is -0.394. The van der Waals surface area contributed by atoms with Gasteiger partial charge in [-0.1, -0.05) is 13.0 Å². The van der Waals surface area contributed by atoms with E-state index in [2.05, 4.69) is 6.92 Å². The van der Waals surface area contributed by atoms with Gasteiger partial charge in [0.25, 0.3) is 11.4 Å². The number of fused-ring (bicyclic) bond motifs is 1. The molecule has 0 N–H and O–H groups in total. The summed E-state index contributed by atoms with van der Waals surface area (Å²) in [5.41, 5.74) is 1.02. The van der Waals surface area contributed by atoms with Gasteiger partial charge in [-0.15, -0.1) is 0 Å². The van der Waals surface area contributed by atoms with Crippen molar-refractivity contribution in [3.8, 4) is 5.75 Å². The van der Waals surface area contributed by atoms with E-state index in [4.69, 9.17) is 4.74 Å². The molecule has 0 bridgehead atoms. The number of carbonyl (C=O) groups is 1. The molecule has 0 spiro atoms. The third kappa shape index (κ3) is 3.53. The average molecular weight is 356 g/mol. The second-order valence-corrected chi connectivity index (χ2v) is 6.30. The van der Waals surface area contributed by atoms with Crippen LogP contribution in [0.4, 0.5) is 11.4 Å². The van der Waals surface area contributed by atoms with Gasteiger partial charge in [0.05, 0.1) is 21.5 Å². The van der Waals surface area contributed by atoms with Crippen molar-refractivity contribution in [2.45, 2.75) is 32.1 Å². The largest absolute Gasteiger partial charge is 0.423 e. The summed E-state index contributed by atoms with van der Waals surface area (Å²) in [6.45, 7) is 2.10. The van der Waals surface area contributed by atoms with E-state index >= 15 is 0 Å². The minimum Gasteiger partial charge on any atom is -0.423 e. The van der Waals surface area contributed by atoms with Crippen LogP contribution < -0.4 is 4.74 Å². The summed E-state index contributed by atoms with van der Waals surface area (Å²) in [4.78, 5) is 32.6. The fraction of sp³-hybridized carbons (Fsp3) is 0.278. The molecular formula is C18H16N2O6. The van der Waals surface area contributed by atoms with Crippen molar-refractivity contribution < 1.29 is 19.4 Å². The molecule has 0 aromatic heterocycles. The van der Waals surface area contributed by atoms with Crippen LogP contribution in [0.3, 0.4) is 0 Å². The summed E-state index contributed by atoms with van der Waals surface area (Å²) < 4.78 is 5.30. The third-order valence-electron chi connectivity index (χ3n) is 4.50. The number of aryl methyl sites for hydroxylation is 1. The molecular weight excluding hydrogens is 340 g/mol. The van der Waals surface area contributed by atoms with Crippen molar-refractivity contribution in [2.75, 3.05) is 0 Å². The highest BCUT2D eigenvalue weighted by Crippen LogP contribution is 2.34. The highest BCUT2D eigenvalue weighted by molar-refractivity contribution is 5.92. The molecule has 3 rings (SSSR count). The summed E-state index contributed by atoms with van der Waals surface area (Å²) in [6, 6.07) is 8.11. The molecule has 26 heavy (non-hydrogen) atoms. The number of non-ortho nitro benzene ring substituents is 2. The van der Waals surface area contributed by atoms with Crippen LogP contribution in [0.5, 0.6) is 5.75 Å². The van der Waals surface area contributed by atoms with Gasteiger partial charge in [0.15, 0.2) is 0 Å². The Hall–Kier alpha value is -3.29. The molecule has 2 aromatic carbocycles. The van der Waals surface area contributed by atoms with Crippen LogP contribution in [0.2, 0.25) is 0 Å². The first-order chi connectivity index (χ1) is 12.3. The van der Waals surface area contributed by atoms with E-state index in [1.54, 1.807) is 12.1 Å². The number of nitro benzene ring substituents is 2. The fourth-order valence-electron chi connectivity index (χ4n) is 3.17. The predicted molar refractivity (Wildman–Crippen MR) is 92.5 cm³/mol. The fourth-order valence-corrected chi connectivity index (χ4v) is 3.17. The Labute approximate surface area is 148 Å². The van der Waals surface area contributed by atoms with Crippen molar-refractivity contribution in [2.24, 2.45) is 0 Å². The monoisotopic (exact) mass is 356 g/mol. The van der Waals surface area contributed by atoms with E-state index in [0.717, 1.165) is 43.0 Å². The highest BCUT2D eigenvalue weighted by atomic mass is 16.6. The van der Waals surface area contributed by atoms with E-state index < -0.39 is 27.2 Å². The molecule has 1 aliphatic rings. The van der Waals surface area contributed by atoms with Gasteiger partial charge < -0.3 is 4.74 Å². The van der Waals surface area contributed by atoms with E-state index in [1.165, 1.54) is 5.56 Å². The minimum absolute atomic E-state index is 0.239. The third-order valence-corrected chi connectivity index (χ3v) is 4.50. The quantitative estimate of drug-likeness (QED) is 0.352. The molecule has 0 radical (unpaired) electrons. The van der Waals surface area contributed by atoms with Gasteiger partial charge >= 0.3 is 5.97 Å². The first-order valence-corrected chi connectivity index (χ1v) is 8.14. The van der Waals surface area contributed by atoms with Crippen molar-refractivity contribution >= 4 is 17.3 Å². The van der Waals surface area contributed by atoms with Crippen LogP contribution in [-0.2, 0) is 6.42 Å². The average Bonchev–Trinajstić information content (AvgIpc) is 2.62. The molecule has 1 aliphatic carbocycles. The first-order valence-electron chi connectivity index (χ1n) is 8.14. The van der Waals surface area contributed by atoms with Crippen LogP contribution in [0, 0.1) is 20.2 Å². The highest BCUT2D eigenvalue weighted by Gasteiger charge is 2.22. The minimum atomic E-state index is -0.875. The summed E-state index contributed by atoms with van der Waals surface area (Å²) in [6.07, 6.45) is 3.15. The Morgan fingerprint density at radius 1 is 1.08 bits per heavy atom. The maximum atomic E-state index is 12.3. The molecule has 0 amide bonds. The number of nitro groups is 2. The molecule has 0 fully saturated rings. The zero-order valence-corrected chi connectivity index (χ0v) is 14.0. The lowest BCUT2D eigenvalue weighted by atomic mass is 9.84. The molecule has 134 valence electrons. The zero-order valence-electron chi connectivity index (χ0n) is 14.0. The number of carbonyl (C=O) groups excluding carboxylic acids is 1. The molecule has 0 saturated carbocycles. The topological polar surface area (TPSA) is 113 Å². The number of esters is 1. The first kappa shape index (κ1) is 17.5. The van der Waals surface area contributed by atoms with E-state index in [0.29, 0.717) is 11.7 Å². The molecule has 0 unspecified atom stereocenters. The van der Waals surface area contributed by atoms with Crippen LogP contribution >= 0.6 is 0 Å². The van der Waals surface area contributed by atoms with Gasteiger partial charge in [-0.05, 0) is 48.4 Å². The number of benzene rings is 2. The number of hydrogen-bond donors (Lipinski definition) is 0. The van der Waals surface area contributed by atoms with Crippen LogP contribution in [0.25, 0.3) is 0 Å². The van der Waals surface area contributed by atoms with Gasteiger partial charge in [-0.25, -0.2) is 4.79 Å². The molecule has 8 nitrogen and oxygen atoms in total. The zero-order chi connectivity index (χ0) is 18.8. The number of rotatable bonds is 4. The summed E-state index contributed by atoms with van der Waals surface area (Å²) in [7, 11) is 0. The van der Waals surface area contributed by atoms with Gasteiger partial charge in [0, 0.05) is 12.1 Å². The van der Waals surface area contributed by atoms with E-state index in [1.807, 2.05) is 6.07 Å². The van der Waals surface area contributed by atoms with Crippen LogP contribution in [-0.4, -0.2) is 15.8 Å². The Bertz CT molecular complexity index is 876. The maximum absolute atomic E-state index is 12.3. The smallest absolute Gasteiger partial charge is 0.344 e. The molecule has 0 aliphatic heterocycles. The molecule has 0 heterocycles. The Balaban J connectivity index is 1.90. The van der Waals surface area contributed by atoms with Gasteiger partial charge in [0.1, 0.15) is 5.75 Å². The van der Waals surface area contributed by atoms with E-state index in [9.17, 15) is 25.0 Å². The predicted octanol–water partition coefficient (Wildman–Crippen LogP) is 4.16. The van der Waals surface area contributed by atoms with Crippen molar-refractivity contribution in [1.82, 2.24) is 0 Å². The van der Waals surface area contributed by atoms with Gasteiger partial charge in [-0.2, -0.15) is 0 Å². The normalized spacial score (nSPS) is 15.8. The maximum Gasteiger partial charge on any atom is 0.344 e. The second kappa shape index (κ2) is 6.91. The van der Waals surface area contributed by atoms with Gasteiger partial charge in [-0.3, -0.25) is 20.2 Å². The number of ether oxygens (including phenoxy) is 1. The molecule has 0 saturated heterocycles.